The van der Waals surface area contributed by atoms with Gasteiger partial charge in [-0.05, 0) is 55.3 Å². The van der Waals surface area contributed by atoms with E-state index in [4.69, 9.17) is 0 Å². The normalized spacial score (nSPS) is 17.8. The van der Waals surface area contributed by atoms with Crippen LogP contribution in [-0.4, -0.2) is 18.6 Å². The van der Waals surface area contributed by atoms with Crippen molar-refractivity contribution in [1.82, 2.24) is 5.32 Å². The number of rotatable bonds is 3. The molecule has 25 heavy (non-hydrogen) atoms. The third-order valence-corrected chi connectivity index (χ3v) is 6.18. The summed E-state index contributed by atoms with van der Waals surface area (Å²) in [5, 5.41) is 3.57. The molecule has 1 N–H and O–H groups in total. The molecule has 0 aliphatic carbocycles. The number of nitrogens with one attached hydrogen (secondary N) is 1. The predicted molar refractivity (Wildman–Crippen MR) is 112 cm³/mol. The Kier molecular flexibility index (Phi) is 5.11. The van der Waals surface area contributed by atoms with E-state index in [1.807, 2.05) is 0 Å². The van der Waals surface area contributed by atoms with Crippen molar-refractivity contribution in [3.05, 3.63) is 29.3 Å². The molecule has 0 saturated heterocycles. The molecule has 0 saturated carbocycles. The van der Waals surface area contributed by atoms with E-state index < -0.39 is 0 Å². The molecule has 0 spiro atoms. The van der Waals surface area contributed by atoms with Gasteiger partial charge in [-0.15, -0.1) is 0 Å². The van der Waals surface area contributed by atoms with Crippen molar-refractivity contribution < 1.29 is 0 Å². The van der Waals surface area contributed by atoms with Crippen molar-refractivity contribution in [2.24, 2.45) is 10.8 Å². The van der Waals surface area contributed by atoms with E-state index in [1.165, 1.54) is 11.3 Å². The molecule has 1 aromatic rings. The van der Waals surface area contributed by atoms with Crippen LogP contribution in [0.5, 0.6) is 0 Å². The lowest BCUT2D eigenvalue weighted by Crippen LogP contribution is -2.55. The number of benzene rings is 1. The highest BCUT2D eigenvalue weighted by Crippen LogP contribution is 2.61. The van der Waals surface area contributed by atoms with Crippen LogP contribution in [0, 0.1) is 10.8 Å². The maximum Gasteiger partial charge on any atom is 0.0413 e. The van der Waals surface area contributed by atoms with Gasteiger partial charge < -0.3 is 10.2 Å². The molecule has 2 heteroatoms. The monoisotopic (exact) mass is 344 g/mol. The molecule has 0 unspecified atom stereocenters. The first-order valence-corrected chi connectivity index (χ1v) is 9.88. The van der Waals surface area contributed by atoms with Crippen LogP contribution in [-0.2, 0) is 12.0 Å². The van der Waals surface area contributed by atoms with Crippen LogP contribution >= 0.6 is 0 Å². The van der Waals surface area contributed by atoms with Crippen LogP contribution in [0.15, 0.2) is 18.2 Å². The Morgan fingerprint density at radius 3 is 1.96 bits per heavy atom. The molecule has 0 bridgehead atoms. The molecule has 1 aromatic carbocycles. The van der Waals surface area contributed by atoms with E-state index >= 15 is 0 Å². The van der Waals surface area contributed by atoms with Crippen LogP contribution in [0.25, 0.3) is 0 Å². The molecule has 2 nitrogen and oxygen atoms in total. The molecule has 0 amide bonds. The summed E-state index contributed by atoms with van der Waals surface area (Å²) in [6.07, 6.45) is 0. The fraction of sp³-hybridized carbons (Fsp3) is 0.739. The SMILES string of the molecule is CCNCc1cccc2c1C(C(C)(C)C)(C(C)(C)C)CN2C(C)(C)C. The third-order valence-electron chi connectivity index (χ3n) is 6.18. The number of fused-ring (bicyclic) bond motifs is 1. The van der Waals surface area contributed by atoms with Crippen LogP contribution in [0.1, 0.15) is 80.4 Å². The lowest BCUT2D eigenvalue weighted by molar-refractivity contribution is 0.0627. The smallest absolute Gasteiger partial charge is 0.0413 e. The Morgan fingerprint density at radius 2 is 1.52 bits per heavy atom. The summed E-state index contributed by atoms with van der Waals surface area (Å²) in [6.45, 7) is 26.8. The molecule has 2 rings (SSSR count). The van der Waals surface area contributed by atoms with Crippen molar-refractivity contribution in [3.63, 3.8) is 0 Å². The summed E-state index contributed by atoms with van der Waals surface area (Å²) in [6, 6.07) is 6.92. The summed E-state index contributed by atoms with van der Waals surface area (Å²) in [7, 11) is 0. The van der Waals surface area contributed by atoms with E-state index in [-0.39, 0.29) is 21.8 Å². The highest BCUT2D eigenvalue weighted by atomic mass is 15.2. The van der Waals surface area contributed by atoms with Crippen molar-refractivity contribution in [3.8, 4) is 0 Å². The van der Waals surface area contributed by atoms with Gasteiger partial charge in [0.15, 0.2) is 0 Å². The Balaban J connectivity index is 2.83. The molecule has 0 atom stereocenters. The van der Waals surface area contributed by atoms with Crippen LogP contribution in [0.2, 0.25) is 0 Å². The van der Waals surface area contributed by atoms with Gasteiger partial charge in [0.1, 0.15) is 0 Å². The fourth-order valence-electron chi connectivity index (χ4n) is 5.06. The lowest BCUT2D eigenvalue weighted by Gasteiger charge is -2.53. The minimum Gasteiger partial charge on any atom is -0.366 e. The highest BCUT2D eigenvalue weighted by Gasteiger charge is 2.58. The molecule has 1 heterocycles. The second-order valence-electron chi connectivity index (χ2n) is 10.8. The summed E-state index contributed by atoms with van der Waals surface area (Å²) >= 11 is 0. The first-order chi connectivity index (χ1) is 11.3. The van der Waals surface area contributed by atoms with E-state index in [0.29, 0.717) is 0 Å². The minimum atomic E-state index is 0.106. The van der Waals surface area contributed by atoms with Crippen LogP contribution < -0.4 is 10.2 Å². The first kappa shape index (κ1) is 20.3. The Hall–Kier alpha value is -1.02. The van der Waals surface area contributed by atoms with Gasteiger partial charge in [-0.1, -0.05) is 60.6 Å². The second-order valence-corrected chi connectivity index (χ2v) is 10.8. The summed E-state index contributed by atoms with van der Waals surface area (Å²) in [5.74, 6) is 0. The Morgan fingerprint density at radius 1 is 0.960 bits per heavy atom. The maximum absolute atomic E-state index is 3.57. The molecule has 1 aliphatic heterocycles. The zero-order chi connectivity index (χ0) is 19.3. The van der Waals surface area contributed by atoms with Crippen molar-refractivity contribution in [1.29, 1.82) is 0 Å². The molecular weight excluding hydrogens is 304 g/mol. The molecule has 1 aliphatic rings. The summed E-state index contributed by atoms with van der Waals surface area (Å²) in [5.41, 5.74) is 5.04. The Labute approximate surface area is 156 Å². The van der Waals surface area contributed by atoms with Crippen LogP contribution in [0.3, 0.4) is 0 Å². The van der Waals surface area contributed by atoms with Gasteiger partial charge in [0.2, 0.25) is 0 Å². The standard InChI is InChI=1S/C23H40N2/c1-11-24-15-17-13-12-14-18-19(17)23(20(2,3)4,21(5,6)7)16-25(18)22(8,9)10/h12-14,24H,11,15-16H2,1-10H3. The number of hydrogen-bond acceptors (Lipinski definition) is 2. The zero-order valence-corrected chi connectivity index (χ0v) is 18.3. The number of hydrogen-bond donors (Lipinski definition) is 1. The summed E-state index contributed by atoms with van der Waals surface area (Å²) in [4.78, 5) is 2.65. The Bertz CT molecular complexity index is 594. The molecule has 0 radical (unpaired) electrons. The second kappa shape index (κ2) is 6.30. The highest BCUT2D eigenvalue weighted by molar-refractivity contribution is 5.68. The van der Waals surface area contributed by atoms with Gasteiger partial charge in [-0.25, -0.2) is 0 Å². The van der Waals surface area contributed by atoms with Gasteiger partial charge in [-0.2, -0.15) is 0 Å². The van der Waals surface area contributed by atoms with Crippen molar-refractivity contribution >= 4 is 5.69 Å². The van der Waals surface area contributed by atoms with Crippen LogP contribution in [0.4, 0.5) is 5.69 Å². The first-order valence-electron chi connectivity index (χ1n) is 9.88. The maximum atomic E-state index is 3.57. The van der Waals surface area contributed by atoms with Crippen molar-refractivity contribution in [2.45, 2.75) is 86.7 Å². The number of nitrogens with zero attached hydrogens (tertiary/aromatic N) is 1. The van der Waals surface area contributed by atoms with Gasteiger partial charge in [0.05, 0.1) is 0 Å². The van der Waals surface area contributed by atoms with E-state index in [1.54, 1.807) is 5.56 Å². The van der Waals surface area contributed by atoms with Gasteiger partial charge in [0, 0.05) is 29.7 Å². The lowest BCUT2D eigenvalue weighted by atomic mass is 9.51. The number of anilines is 1. The van der Waals surface area contributed by atoms with Crippen molar-refractivity contribution in [2.75, 3.05) is 18.0 Å². The third kappa shape index (κ3) is 3.23. The summed E-state index contributed by atoms with van der Waals surface area (Å²) < 4.78 is 0. The molecule has 142 valence electrons. The van der Waals surface area contributed by atoms with E-state index in [2.05, 4.69) is 97.7 Å². The molecule has 0 aromatic heterocycles. The zero-order valence-electron chi connectivity index (χ0n) is 18.3. The minimum absolute atomic E-state index is 0.106. The average Bonchev–Trinajstić information content (AvgIpc) is 2.81. The van der Waals surface area contributed by atoms with E-state index in [0.717, 1.165) is 19.6 Å². The van der Waals surface area contributed by atoms with Gasteiger partial charge in [-0.3, -0.25) is 0 Å². The quantitative estimate of drug-likeness (QED) is 0.751. The van der Waals surface area contributed by atoms with Gasteiger partial charge >= 0.3 is 0 Å². The largest absolute Gasteiger partial charge is 0.366 e. The predicted octanol–water partition coefficient (Wildman–Crippen LogP) is 5.74. The van der Waals surface area contributed by atoms with Gasteiger partial charge in [0.25, 0.3) is 0 Å². The molecular formula is C23H40N2. The molecule has 0 fully saturated rings. The fourth-order valence-corrected chi connectivity index (χ4v) is 5.06. The topological polar surface area (TPSA) is 15.3 Å². The van der Waals surface area contributed by atoms with E-state index in [9.17, 15) is 0 Å². The average molecular weight is 345 g/mol.